The monoisotopic (exact) mass is 348 g/mol. The topological polar surface area (TPSA) is 112 Å². The molecule has 126 valence electrons. The van der Waals surface area contributed by atoms with Gasteiger partial charge in [-0.25, -0.2) is 4.79 Å². The number of amides is 1. The van der Waals surface area contributed by atoms with Gasteiger partial charge in [0.15, 0.2) is 12.4 Å². The fourth-order valence-corrected chi connectivity index (χ4v) is 4.09. The van der Waals surface area contributed by atoms with Crippen LogP contribution in [0.1, 0.15) is 28.2 Å². The number of primary amides is 1. The summed E-state index contributed by atoms with van der Waals surface area (Å²) >= 11 is 1.18. The summed E-state index contributed by atoms with van der Waals surface area (Å²) in [6, 6.07) is 5.18. The van der Waals surface area contributed by atoms with Crippen LogP contribution < -0.4 is 10.5 Å². The molecule has 0 radical (unpaired) electrons. The number of aromatic nitrogens is 1. The largest absolute Gasteiger partial charge is 0.481 e. The minimum absolute atomic E-state index is 0.0743. The number of ether oxygens (including phenoxy) is 1. The molecule has 1 aliphatic heterocycles. The number of aryl methyl sites for hydroxylation is 1. The Morgan fingerprint density at radius 3 is 2.83 bits per heavy atom. The maximum atomic E-state index is 12.5. The molecule has 1 atom stereocenters. The molecule has 2 aromatic rings. The predicted molar refractivity (Wildman–Crippen MR) is 89.5 cm³/mol. The first-order valence-corrected chi connectivity index (χ1v) is 8.44. The lowest BCUT2D eigenvalue weighted by molar-refractivity contribution is -0.139. The summed E-state index contributed by atoms with van der Waals surface area (Å²) < 4.78 is 7.21. The quantitative estimate of drug-likeness (QED) is 0.848. The number of fused-ring (bicyclic) bond motifs is 3. The van der Waals surface area contributed by atoms with Gasteiger partial charge in [0.25, 0.3) is 0 Å². The van der Waals surface area contributed by atoms with E-state index in [2.05, 4.69) is 0 Å². The molecule has 24 heavy (non-hydrogen) atoms. The molecule has 1 aromatic carbocycles. The number of rotatable bonds is 5. The first-order valence-electron chi connectivity index (χ1n) is 7.39. The number of hydrogen-bond donors (Lipinski definition) is 2. The Bertz CT molecular complexity index is 858. The van der Waals surface area contributed by atoms with Gasteiger partial charge in [-0.1, -0.05) is 6.07 Å². The van der Waals surface area contributed by atoms with E-state index in [0.717, 1.165) is 5.52 Å². The molecule has 1 unspecified atom stereocenters. The van der Waals surface area contributed by atoms with Gasteiger partial charge in [-0.15, -0.1) is 11.8 Å². The summed E-state index contributed by atoms with van der Waals surface area (Å²) in [7, 11) is 0. The zero-order chi connectivity index (χ0) is 17.4. The maximum Gasteiger partial charge on any atom is 0.341 e. The Morgan fingerprint density at radius 2 is 2.21 bits per heavy atom. The summed E-state index contributed by atoms with van der Waals surface area (Å²) in [5, 5.41) is 8.78. The van der Waals surface area contributed by atoms with Crippen molar-refractivity contribution in [3.8, 4) is 5.75 Å². The van der Waals surface area contributed by atoms with E-state index in [1.807, 2.05) is 17.6 Å². The van der Waals surface area contributed by atoms with Crippen molar-refractivity contribution < 1.29 is 24.2 Å². The van der Waals surface area contributed by atoms with Crippen LogP contribution in [0.5, 0.6) is 5.75 Å². The third-order valence-corrected chi connectivity index (χ3v) is 5.15. The average Bonchev–Trinajstić information content (AvgIpc) is 2.88. The van der Waals surface area contributed by atoms with Crippen LogP contribution in [-0.4, -0.2) is 39.7 Å². The highest BCUT2D eigenvalue weighted by atomic mass is 32.2. The van der Waals surface area contributed by atoms with Crippen LogP contribution in [0.3, 0.4) is 0 Å². The molecule has 0 fully saturated rings. The van der Waals surface area contributed by atoms with Crippen molar-refractivity contribution in [1.29, 1.82) is 0 Å². The fourth-order valence-electron chi connectivity index (χ4n) is 3.08. The Morgan fingerprint density at radius 1 is 1.46 bits per heavy atom. The molecule has 0 aliphatic carbocycles. The highest BCUT2D eigenvalue weighted by molar-refractivity contribution is 8.01. The smallest absolute Gasteiger partial charge is 0.341 e. The van der Waals surface area contributed by atoms with Crippen molar-refractivity contribution >= 4 is 40.3 Å². The normalized spacial score (nSPS) is 16.9. The summed E-state index contributed by atoms with van der Waals surface area (Å²) in [5.41, 5.74) is 7.24. The molecule has 0 saturated carbocycles. The zero-order valence-electron chi connectivity index (χ0n) is 12.9. The van der Waals surface area contributed by atoms with E-state index in [1.54, 1.807) is 12.1 Å². The minimum Gasteiger partial charge on any atom is -0.481 e. The average molecular weight is 348 g/mol. The molecule has 0 spiro atoms. The summed E-state index contributed by atoms with van der Waals surface area (Å²) in [4.78, 5) is 35.2. The van der Waals surface area contributed by atoms with Crippen molar-refractivity contribution in [2.24, 2.45) is 5.73 Å². The second kappa shape index (κ2) is 6.20. The van der Waals surface area contributed by atoms with E-state index in [4.69, 9.17) is 15.6 Å². The number of thioether (sulfide) groups is 1. The second-order valence-electron chi connectivity index (χ2n) is 5.36. The molecular formula is C16H16N2O5S. The molecular weight excluding hydrogens is 332 g/mol. The number of ketones is 1. The van der Waals surface area contributed by atoms with E-state index < -0.39 is 23.7 Å². The molecule has 3 rings (SSSR count). The van der Waals surface area contributed by atoms with Gasteiger partial charge in [-0.05, 0) is 19.1 Å². The first-order chi connectivity index (χ1) is 11.5. The van der Waals surface area contributed by atoms with Crippen molar-refractivity contribution in [2.45, 2.75) is 18.7 Å². The summed E-state index contributed by atoms with van der Waals surface area (Å²) in [5.74, 6) is -1.19. The Labute approximate surface area is 141 Å². The Hall–Kier alpha value is -2.48. The summed E-state index contributed by atoms with van der Waals surface area (Å²) in [6.45, 7) is 1.93. The number of Topliss-reactive ketones (excluding diaryl/α,β-unsaturated/α-hetero) is 1. The zero-order valence-corrected chi connectivity index (χ0v) is 13.8. The van der Waals surface area contributed by atoms with Gasteiger partial charge in [0.2, 0.25) is 5.91 Å². The number of benzene rings is 1. The number of carbonyl (C=O) groups is 3. The molecule has 2 heterocycles. The van der Waals surface area contributed by atoms with Crippen LogP contribution >= 0.6 is 11.8 Å². The van der Waals surface area contributed by atoms with E-state index in [-0.39, 0.29) is 11.5 Å². The van der Waals surface area contributed by atoms with Crippen LogP contribution in [-0.2, 0) is 16.1 Å². The van der Waals surface area contributed by atoms with E-state index in [0.29, 0.717) is 28.9 Å². The van der Waals surface area contributed by atoms with Gasteiger partial charge in [-0.2, -0.15) is 0 Å². The lowest BCUT2D eigenvalue weighted by atomic mass is 10.0. The van der Waals surface area contributed by atoms with Gasteiger partial charge in [0, 0.05) is 17.5 Å². The predicted octanol–water partition coefficient (Wildman–Crippen LogP) is 1.58. The first kappa shape index (κ1) is 16.4. The van der Waals surface area contributed by atoms with E-state index >= 15 is 0 Å². The van der Waals surface area contributed by atoms with Gasteiger partial charge >= 0.3 is 5.97 Å². The SMILES string of the molecule is CCn1c2c(c3c(OCC(=O)O)cccc31)C(C(N)=O)SCC2=O. The van der Waals surface area contributed by atoms with Gasteiger partial charge in [0.05, 0.1) is 17.0 Å². The van der Waals surface area contributed by atoms with Crippen LogP contribution in [0.25, 0.3) is 10.9 Å². The molecule has 1 aliphatic rings. The van der Waals surface area contributed by atoms with Gasteiger partial charge in [0.1, 0.15) is 11.0 Å². The number of carboxylic acids is 1. The molecule has 3 N–H and O–H groups in total. The molecule has 1 amide bonds. The highest BCUT2D eigenvalue weighted by Gasteiger charge is 2.36. The van der Waals surface area contributed by atoms with E-state index in [1.165, 1.54) is 11.8 Å². The molecule has 0 bridgehead atoms. The number of aliphatic carboxylic acids is 1. The van der Waals surface area contributed by atoms with Crippen LogP contribution in [0.15, 0.2) is 18.2 Å². The number of carbonyl (C=O) groups excluding carboxylic acids is 2. The van der Waals surface area contributed by atoms with Crippen LogP contribution in [0.4, 0.5) is 0 Å². The maximum absolute atomic E-state index is 12.5. The van der Waals surface area contributed by atoms with Gasteiger partial charge in [-0.3, -0.25) is 9.59 Å². The molecule has 0 saturated heterocycles. The Balaban J connectivity index is 2.32. The van der Waals surface area contributed by atoms with Gasteiger partial charge < -0.3 is 20.1 Å². The number of carboxylic acid groups (broad SMARTS) is 1. The fraction of sp³-hybridized carbons (Fsp3) is 0.312. The lowest BCUT2D eigenvalue weighted by Gasteiger charge is -2.20. The molecule has 8 heteroatoms. The minimum atomic E-state index is -1.10. The third kappa shape index (κ3) is 2.52. The van der Waals surface area contributed by atoms with Crippen molar-refractivity contribution in [3.05, 3.63) is 29.5 Å². The standard InChI is InChI=1S/C16H16N2O5S/c1-2-18-8-4-3-5-10(23-6-11(20)21)12(8)13-14(18)9(19)7-24-15(13)16(17)22/h3-5,15H,2,6-7H2,1H3,(H2,17,22)(H,20,21). The third-order valence-electron chi connectivity index (χ3n) is 3.92. The molecule has 1 aromatic heterocycles. The van der Waals surface area contributed by atoms with Crippen molar-refractivity contribution in [1.82, 2.24) is 4.57 Å². The summed E-state index contributed by atoms with van der Waals surface area (Å²) in [6.07, 6.45) is 0. The number of nitrogens with zero attached hydrogens (tertiary/aromatic N) is 1. The molecule has 7 nitrogen and oxygen atoms in total. The number of hydrogen-bond acceptors (Lipinski definition) is 5. The lowest BCUT2D eigenvalue weighted by Crippen LogP contribution is -2.27. The van der Waals surface area contributed by atoms with Crippen LogP contribution in [0, 0.1) is 0 Å². The van der Waals surface area contributed by atoms with Crippen LogP contribution in [0.2, 0.25) is 0 Å². The second-order valence-corrected chi connectivity index (χ2v) is 6.45. The number of nitrogens with two attached hydrogens (primary N) is 1. The van der Waals surface area contributed by atoms with Crippen molar-refractivity contribution in [2.75, 3.05) is 12.4 Å². The van der Waals surface area contributed by atoms with E-state index in [9.17, 15) is 14.4 Å². The highest BCUT2D eigenvalue weighted by Crippen LogP contribution is 2.45. The Kier molecular flexibility index (Phi) is 4.23. The van der Waals surface area contributed by atoms with Crippen molar-refractivity contribution in [3.63, 3.8) is 0 Å².